The Labute approximate surface area is 155 Å². The molecule has 0 atom stereocenters. The van der Waals surface area contributed by atoms with Gasteiger partial charge in [0.25, 0.3) is 6.43 Å². The highest BCUT2D eigenvalue weighted by atomic mass is 32.2. The van der Waals surface area contributed by atoms with Gasteiger partial charge in [0.2, 0.25) is 0 Å². The molecule has 0 radical (unpaired) electrons. The minimum absolute atomic E-state index is 0.0497. The molecule has 2 rings (SSSR count). The highest BCUT2D eigenvalue weighted by Crippen LogP contribution is 2.36. The van der Waals surface area contributed by atoms with Gasteiger partial charge in [-0.05, 0) is 38.5 Å². The van der Waals surface area contributed by atoms with E-state index < -0.39 is 24.0 Å². The Morgan fingerprint density at radius 1 is 1.38 bits per heavy atom. The number of carbonyl (C=O) groups is 2. The number of rotatable bonds is 7. The Hall–Kier alpha value is -2.03. The summed E-state index contributed by atoms with van der Waals surface area (Å²) in [7, 11) is 0. The van der Waals surface area contributed by atoms with Gasteiger partial charge in [0.15, 0.2) is 0 Å². The first-order valence-corrected chi connectivity index (χ1v) is 9.26. The predicted octanol–water partition coefficient (Wildman–Crippen LogP) is 3.63. The molecule has 0 unspecified atom stereocenters. The number of carboxylic acids is 1. The molecule has 3 N–H and O–H groups in total. The third-order valence-electron chi connectivity index (χ3n) is 3.95. The Bertz CT molecular complexity index is 671. The predicted molar refractivity (Wildman–Crippen MR) is 98.5 cm³/mol. The number of hydrogen-bond acceptors (Lipinski definition) is 4. The normalized spacial score (nSPS) is 14.1. The summed E-state index contributed by atoms with van der Waals surface area (Å²) in [6, 6.07) is 4.75. The van der Waals surface area contributed by atoms with E-state index in [2.05, 4.69) is 10.6 Å². The van der Waals surface area contributed by atoms with Crippen LogP contribution >= 0.6 is 11.8 Å². The first-order valence-electron chi connectivity index (χ1n) is 8.27. The molecule has 0 bridgehead atoms. The van der Waals surface area contributed by atoms with Crippen molar-refractivity contribution < 1.29 is 23.5 Å². The first kappa shape index (κ1) is 20.3. The Kier molecular flexibility index (Phi) is 6.69. The van der Waals surface area contributed by atoms with Gasteiger partial charge in [0.05, 0.1) is 12.2 Å². The van der Waals surface area contributed by atoms with Gasteiger partial charge in [0.1, 0.15) is 0 Å². The van der Waals surface area contributed by atoms with Crippen molar-refractivity contribution in [1.29, 1.82) is 0 Å². The van der Waals surface area contributed by atoms with E-state index in [1.807, 2.05) is 6.07 Å². The number of benzene rings is 1. The summed E-state index contributed by atoms with van der Waals surface area (Å²) < 4.78 is 25.5. The number of carboxylic acid groups (broad SMARTS) is 1. The summed E-state index contributed by atoms with van der Waals surface area (Å²) >= 11 is 1.60. The summed E-state index contributed by atoms with van der Waals surface area (Å²) in [5, 5.41) is 14.2. The number of nitrogens with one attached hydrogen (secondary N) is 2. The lowest BCUT2D eigenvalue weighted by molar-refractivity contribution is -0.137. The minimum atomic E-state index is -2.43. The van der Waals surface area contributed by atoms with Crippen molar-refractivity contribution in [2.75, 3.05) is 29.1 Å². The van der Waals surface area contributed by atoms with Crippen molar-refractivity contribution in [3.63, 3.8) is 0 Å². The third-order valence-corrected chi connectivity index (χ3v) is 4.99. The summed E-state index contributed by atoms with van der Waals surface area (Å²) in [6.45, 7) is 3.66. The van der Waals surface area contributed by atoms with Gasteiger partial charge in [-0.3, -0.25) is 4.79 Å². The van der Waals surface area contributed by atoms with Crippen molar-refractivity contribution >= 4 is 35.1 Å². The SMILES string of the molecule is CC(C)(CCC(=O)O)NC(=O)Nc1ccc2c(c1)N(CC(F)F)CCS2. The van der Waals surface area contributed by atoms with Crippen LogP contribution in [0.1, 0.15) is 26.7 Å². The lowest BCUT2D eigenvalue weighted by Gasteiger charge is -2.31. The monoisotopic (exact) mass is 387 g/mol. The number of alkyl halides is 2. The first-order chi connectivity index (χ1) is 12.2. The highest BCUT2D eigenvalue weighted by Gasteiger charge is 2.23. The van der Waals surface area contributed by atoms with Crippen molar-refractivity contribution in [2.45, 2.75) is 43.5 Å². The van der Waals surface area contributed by atoms with E-state index in [4.69, 9.17) is 5.11 Å². The number of amides is 2. The van der Waals surface area contributed by atoms with Crippen LogP contribution in [0.4, 0.5) is 25.0 Å². The summed E-state index contributed by atoms with van der Waals surface area (Å²) in [5.74, 6) is -0.184. The molecule has 0 fully saturated rings. The molecular formula is C17H23F2N3O3S. The fraction of sp³-hybridized carbons (Fsp3) is 0.529. The number of fused-ring (bicyclic) bond motifs is 1. The van der Waals surface area contributed by atoms with Crippen LogP contribution in [0.25, 0.3) is 0 Å². The van der Waals surface area contributed by atoms with Crippen molar-refractivity contribution in [3.8, 4) is 0 Å². The fourth-order valence-electron chi connectivity index (χ4n) is 2.66. The molecule has 0 saturated heterocycles. The smallest absolute Gasteiger partial charge is 0.319 e. The van der Waals surface area contributed by atoms with Gasteiger partial charge in [-0.25, -0.2) is 13.6 Å². The number of halogens is 2. The summed E-state index contributed by atoms with van der Waals surface area (Å²) in [5.41, 5.74) is 0.496. The highest BCUT2D eigenvalue weighted by molar-refractivity contribution is 7.99. The van der Waals surface area contributed by atoms with Gasteiger partial charge in [-0.2, -0.15) is 0 Å². The molecule has 144 valence electrons. The largest absolute Gasteiger partial charge is 0.481 e. The fourth-order valence-corrected chi connectivity index (χ4v) is 3.69. The number of thioether (sulfide) groups is 1. The molecule has 0 spiro atoms. The maximum Gasteiger partial charge on any atom is 0.319 e. The number of anilines is 2. The number of hydrogen-bond donors (Lipinski definition) is 3. The molecule has 9 heteroatoms. The topological polar surface area (TPSA) is 81.7 Å². The maximum atomic E-state index is 12.8. The quantitative estimate of drug-likeness (QED) is 0.666. The van der Waals surface area contributed by atoms with Crippen LogP contribution in [0.5, 0.6) is 0 Å². The number of nitrogens with zero attached hydrogens (tertiary/aromatic N) is 1. The minimum Gasteiger partial charge on any atom is -0.481 e. The molecule has 1 aromatic carbocycles. The molecule has 0 aromatic heterocycles. The van der Waals surface area contributed by atoms with Crippen molar-refractivity contribution in [1.82, 2.24) is 5.32 Å². The van der Waals surface area contributed by atoms with Gasteiger partial charge in [-0.1, -0.05) is 0 Å². The molecule has 0 saturated carbocycles. The molecule has 1 heterocycles. The molecule has 1 aliphatic heterocycles. The van der Waals surface area contributed by atoms with Crippen LogP contribution in [0.2, 0.25) is 0 Å². The zero-order valence-corrected chi connectivity index (χ0v) is 15.5. The average Bonchev–Trinajstić information content (AvgIpc) is 2.52. The van der Waals surface area contributed by atoms with E-state index in [0.717, 1.165) is 10.6 Å². The van der Waals surface area contributed by atoms with Crippen LogP contribution in [0.3, 0.4) is 0 Å². The van der Waals surface area contributed by atoms with E-state index in [0.29, 0.717) is 24.3 Å². The van der Waals surface area contributed by atoms with Crippen molar-refractivity contribution in [2.24, 2.45) is 0 Å². The zero-order chi connectivity index (χ0) is 19.3. The number of urea groups is 1. The van der Waals surface area contributed by atoms with Gasteiger partial charge in [-0.15, -0.1) is 11.8 Å². The second kappa shape index (κ2) is 8.57. The molecule has 1 aliphatic rings. The molecule has 26 heavy (non-hydrogen) atoms. The van der Waals surface area contributed by atoms with E-state index in [-0.39, 0.29) is 13.0 Å². The van der Waals surface area contributed by atoms with Crippen molar-refractivity contribution in [3.05, 3.63) is 18.2 Å². The van der Waals surface area contributed by atoms with Crippen LogP contribution < -0.4 is 15.5 Å². The second-order valence-corrected chi connectivity index (χ2v) is 7.86. The molecule has 6 nitrogen and oxygen atoms in total. The summed E-state index contributed by atoms with van der Waals surface area (Å²) in [6.07, 6.45) is -2.19. The van der Waals surface area contributed by atoms with E-state index >= 15 is 0 Å². The van der Waals surface area contributed by atoms with Gasteiger partial charge < -0.3 is 20.6 Å². The maximum absolute atomic E-state index is 12.8. The van der Waals surface area contributed by atoms with E-state index in [1.54, 1.807) is 42.6 Å². The number of aliphatic carboxylic acids is 1. The van der Waals surface area contributed by atoms with Crippen LogP contribution in [-0.2, 0) is 4.79 Å². The third kappa shape index (κ3) is 6.05. The summed E-state index contributed by atoms with van der Waals surface area (Å²) in [4.78, 5) is 25.4. The second-order valence-electron chi connectivity index (χ2n) is 6.72. The van der Waals surface area contributed by atoms with Gasteiger partial charge >= 0.3 is 12.0 Å². The lowest BCUT2D eigenvalue weighted by Crippen LogP contribution is -2.45. The lowest BCUT2D eigenvalue weighted by atomic mass is 9.99. The Morgan fingerprint density at radius 3 is 2.77 bits per heavy atom. The number of carbonyl (C=O) groups excluding carboxylic acids is 1. The van der Waals surface area contributed by atoms with E-state index in [9.17, 15) is 18.4 Å². The van der Waals surface area contributed by atoms with Gasteiger partial charge in [0, 0.05) is 34.8 Å². The molecular weight excluding hydrogens is 364 g/mol. The van der Waals surface area contributed by atoms with Crippen LogP contribution in [0.15, 0.2) is 23.1 Å². The molecule has 2 amide bonds. The average molecular weight is 387 g/mol. The zero-order valence-electron chi connectivity index (χ0n) is 14.7. The molecule has 0 aliphatic carbocycles. The van der Waals surface area contributed by atoms with Crippen LogP contribution in [-0.4, -0.2) is 47.9 Å². The standard InChI is InChI=1S/C17H23F2N3O3S/c1-17(2,6-5-15(23)24)21-16(25)20-11-3-4-13-12(9-11)22(7-8-26-13)10-14(18)19/h3-4,9,14H,5-8,10H2,1-2H3,(H,23,24)(H2,20,21,25). The Balaban J connectivity index is 2.03. The molecule has 1 aromatic rings. The van der Waals surface area contributed by atoms with E-state index in [1.165, 1.54) is 0 Å². The Morgan fingerprint density at radius 2 is 2.12 bits per heavy atom. The van der Waals surface area contributed by atoms with Crippen LogP contribution in [0, 0.1) is 0 Å².